The molecular formula is C17H24N2O2. The quantitative estimate of drug-likeness (QED) is 0.816. The van der Waals surface area contributed by atoms with Crippen LogP contribution in [0.5, 0.6) is 0 Å². The third-order valence-corrected chi connectivity index (χ3v) is 4.38. The number of rotatable bonds is 6. The lowest BCUT2D eigenvalue weighted by Crippen LogP contribution is -2.65. The summed E-state index contributed by atoms with van der Waals surface area (Å²) in [6, 6.07) is 7.65. The maximum Gasteiger partial charge on any atom is 0.240 e. The molecule has 1 aromatic rings. The van der Waals surface area contributed by atoms with Gasteiger partial charge in [0, 0.05) is 31.6 Å². The smallest absolute Gasteiger partial charge is 0.240 e. The molecule has 0 bridgehead atoms. The Balaban J connectivity index is 1.90. The van der Waals surface area contributed by atoms with Gasteiger partial charge in [0.2, 0.25) is 5.91 Å². The highest BCUT2D eigenvalue weighted by Gasteiger charge is 2.46. The van der Waals surface area contributed by atoms with E-state index < -0.39 is 5.54 Å². The van der Waals surface area contributed by atoms with Crippen molar-refractivity contribution in [3.8, 4) is 0 Å². The van der Waals surface area contributed by atoms with Crippen molar-refractivity contribution >= 4 is 11.7 Å². The van der Waals surface area contributed by atoms with Crippen molar-refractivity contribution in [2.24, 2.45) is 0 Å². The summed E-state index contributed by atoms with van der Waals surface area (Å²) in [5.41, 5.74) is 1.46. The highest BCUT2D eigenvalue weighted by molar-refractivity contribution is 5.96. The van der Waals surface area contributed by atoms with Crippen LogP contribution in [0.4, 0.5) is 0 Å². The van der Waals surface area contributed by atoms with E-state index in [-0.39, 0.29) is 11.7 Å². The van der Waals surface area contributed by atoms with Crippen LogP contribution in [0.1, 0.15) is 42.6 Å². The molecule has 4 nitrogen and oxygen atoms in total. The van der Waals surface area contributed by atoms with Crippen LogP contribution in [0.25, 0.3) is 0 Å². The summed E-state index contributed by atoms with van der Waals surface area (Å²) in [5, 5.41) is 2.88. The summed E-state index contributed by atoms with van der Waals surface area (Å²) in [6.45, 7) is 8.05. The summed E-state index contributed by atoms with van der Waals surface area (Å²) in [5.74, 6) is 0.208. The van der Waals surface area contributed by atoms with Crippen molar-refractivity contribution in [2.75, 3.05) is 19.6 Å². The molecule has 0 saturated carbocycles. The number of hydrogen-bond donors (Lipinski definition) is 1. The van der Waals surface area contributed by atoms with Crippen LogP contribution >= 0.6 is 0 Å². The van der Waals surface area contributed by atoms with Crippen molar-refractivity contribution in [1.29, 1.82) is 0 Å². The molecule has 21 heavy (non-hydrogen) atoms. The molecule has 114 valence electrons. The largest absolute Gasteiger partial charge is 0.355 e. The van der Waals surface area contributed by atoms with Gasteiger partial charge in [-0.3, -0.25) is 14.5 Å². The molecule has 0 aliphatic carbocycles. The Bertz CT molecular complexity index is 524. The van der Waals surface area contributed by atoms with E-state index in [2.05, 4.69) is 10.2 Å². The molecule has 1 amide bonds. The molecule has 1 unspecified atom stereocenters. The summed E-state index contributed by atoms with van der Waals surface area (Å²) >= 11 is 0. The van der Waals surface area contributed by atoms with E-state index in [1.807, 2.05) is 45.0 Å². The highest BCUT2D eigenvalue weighted by Crippen LogP contribution is 2.30. The van der Waals surface area contributed by atoms with Crippen molar-refractivity contribution in [3.05, 3.63) is 35.4 Å². The monoisotopic (exact) mass is 288 g/mol. The van der Waals surface area contributed by atoms with Crippen LogP contribution in [0.2, 0.25) is 0 Å². The zero-order chi connectivity index (χ0) is 15.5. The molecule has 0 spiro atoms. The second kappa shape index (κ2) is 6.39. The number of Topliss-reactive ketones (excluding diaryl/α,β-unsaturated/α-hetero) is 1. The van der Waals surface area contributed by atoms with E-state index in [9.17, 15) is 9.59 Å². The molecule has 1 heterocycles. The van der Waals surface area contributed by atoms with Gasteiger partial charge in [0.25, 0.3) is 0 Å². The average molecular weight is 288 g/mol. The molecule has 1 aliphatic heterocycles. The molecular weight excluding hydrogens is 264 g/mol. The lowest BCUT2D eigenvalue weighted by Gasteiger charge is -2.49. The van der Waals surface area contributed by atoms with Crippen LogP contribution in [-0.2, 0) is 4.79 Å². The normalized spacial score (nSPS) is 21.7. The fourth-order valence-electron chi connectivity index (χ4n) is 2.69. The number of benzene rings is 1. The Kier molecular flexibility index (Phi) is 4.78. The molecule has 0 aromatic heterocycles. The fraction of sp³-hybridized carbons (Fsp3) is 0.529. The lowest BCUT2D eigenvalue weighted by atomic mass is 9.85. The van der Waals surface area contributed by atoms with E-state index in [1.165, 1.54) is 0 Å². The van der Waals surface area contributed by atoms with E-state index >= 15 is 0 Å². The first-order chi connectivity index (χ1) is 9.97. The molecule has 1 aliphatic rings. The number of carbonyl (C=O) groups is 2. The average Bonchev–Trinajstić information content (AvgIpc) is 2.46. The van der Waals surface area contributed by atoms with Gasteiger partial charge < -0.3 is 5.32 Å². The number of aryl methyl sites for hydroxylation is 1. The Morgan fingerprint density at radius 1 is 1.29 bits per heavy atom. The van der Waals surface area contributed by atoms with Gasteiger partial charge in [-0.15, -0.1) is 0 Å². The van der Waals surface area contributed by atoms with Gasteiger partial charge in [-0.1, -0.05) is 29.8 Å². The maximum absolute atomic E-state index is 12.2. The number of hydrogen-bond acceptors (Lipinski definition) is 3. The molecule has 1 saturated heterocycles. The fourth-order valence-corrected chi connectivity index (χ4v) is 2.69. The van der Waals surface area contributed by atoms with Crippen LogP contribution in [0, 0.1) is 6.92 Å². The number of ketones is 1. The minimum atomic E-state index is -0.441. The number of nitrogens with one attached hydrogen (secondary N) is 1. The lowest BCUT2D eigenvalue weighted by molar-refractivity contribution is -0.140. The first-order valence-corrected chi connectivity index (χ1v) is 7.60. The van der Waals surface area contributed by atoms with Crippen LogP contribution < -0.4 is 5.32 Å². The van der Waals surface area contributed by atoms with Crippen molar-refractivity contribution < 1.29 is 9.59 Å². The van der Waals surface area contributed by atoms with Gasteiger partial charge in [0.1, 0.15) is 0 Å². The van der Waals surface area contributed by atoms with E-state index in [1.54, 1.807) is 0 Å². The second-order valence-corrected chi connectivity index (χ2v) is 5.91. The number of amides is 1. The minimum absolute atomic E-state index is 0.0686. The van der Waals surface area contributed by atoms with E-state index in [4.69, 9.17) is 0 Å². The van der Waals surface area contributed by atoms with Gasteiger partial charge in [-0.25, -0.2) is 0 Å². The van der Waals surface area contributed by atoms with Crippen molar-refractivity contribution in [1.82, 2.24) is 10.2 Å². The Morgan fingerprint density at radius 2 is 1.95 bits per heavy atom. The molecule has 4 heteroatoms. The zero-order valence-electron chi connectivity index (χ0n) is 13.1. The minimum Gasteiger partial charge on any atom is -0.355 e. The third kappa shape index (κ3) is 3.32. The maximum atomic E-state index is 12.2. The Hall–Kier alpha value is -1.68. The Labute approximate surface area is 126 Å². The van der Waals surface area contributed by atoms with Gasteiger partial charge in [-0.05, 0) is 27.2 Å². The SMILES string of the molecule is CCNC(=O)C1(C)CCN1CCC(=O)c1ccc(C)cc1. The van der Waals surface area contributed by atoms with E-state index in [0.717, 1.165) is 24.1 Å². The molecule has 1 aromatic carbocycles. The molecule has 2 rings (SSSR count). The second-order valence-electron chi connectivity index (χ2n) is 5.91. The van der Waals surface area contributed by atoms with Gasteiger partial charge >= 0.3 is 0 Å². The summed E-state index contributed by atoms with van der Waals surface area (Å²) in [6.07, 6.45) is 1.32. The van der Waals surface area contributed by atoms with Crippen LogP contribution in [0.3, 0.4) is 0 Å². The van der Waals surface area contributed by atoms with Crippen LogP contribution in [-0.4, -0.2) is 41.8 Å². The van der Waals surface area contributed by atoms with Crippen molar-refractivity contribution in [3.63, 3.8) is 0 Å². The molecule has 1 atom stereocenters. The van der Waals surface area contributed by atoms with Gasteiger partial charge in [0.15, 0.2) is 5.78 Å². The topological polar surface area (TPSA) is 49.4 Å². The molecule has 1 N–H and O–H groups in total. The first-order valence-electron chi connectivity index (χ1n) is 7.60. The number of likely N-dealkylation sites (tertiary alicyclic amines) is 1. The van der Waals surface area contributed by atoms with Gasteiger partial charge in [0.05, 0.1) is 5.54 Å². The molecule has 1 fully saturated rings. The zero-order valence-corrected chi connectivity index (χ0v) is 13.1. The summed E-state index contributed by atoms with van der Waals surface area (Å²) in [7, 11) is 0. The molecule has 0 radical (unpaired) electrons. The van der Waals surface area contributed by atoms with E-state index in [0.29, 0.717) is 19.5 Å². The highest BCUT2D eigenvalue weighted by atomic mass is 16.2. The van der Waals surface area contributed by atoms with Crippen molar-refractivity contribution in [2.45, 2.75) is 39.2 Å². The third-order valence-electron chi connectivity index (χ3n) is 4.38. The van der Waals surface area contributed by atoms with Gasteiger partial charge in [-0.2, -0.15) is 0 Å². The predicted molar refractivity (Wildman–Crippen MR) is 83.4 cm³/mol. The van der Waals surface area contributed by atoms with Crippen LogP contribution in [0.15, 0.2) is 24.3 Å². The predicted octanol–water partition coefficient (Wildman–Crippen LogP) is 2.17. The Morgan fingerprint density at radius 3 is 2.48 bits per heavy atom. The summed E-state index contributed by atoms with van der Waals surface area (Å²) in [4.78, 5) is 26.4. The first kappa shape index (κ1) is 15.7. The number of carbonyl (C=O) groups excluding carboxylic acids is 2. The summed E-state index contributed by atoms with van der Waals surface area (Å²) < 4.78 is 0. The number of nitrogens with zero attached hydrogens (tertiary/aromatic N) is 1. The standard InChI is InChI=1S/C17H24N2O2/c1-4-18-16(21)17(3)10-12-19(17)11-9-15(20)14-7-5-13(2)6-8-14/h5-8H,4,9-12H2,1-3H3,(H,18,21). The number of likely N-dealkylation sites (N-methyl/N-ethyl adjacent to an activating group) is 1.